The molecule has 64 heavy (non-hydrogen) atoms. The van der Waals surface area contributed by atoms with Gasteiger partial charge < -0.3 is 9.47 Å². The lowest BCUT2D eigenvalue weighted by atomic mass is 9.83. The molecule has 0 amide bonds. The third kappa shape index (κ3) is 7.10. The number of hydrogen-bond donors (Lipinski definition) is 0. The lowest BCUT2D eigenvalue weighted by Gasteiger charge is -2.29. The first-order valence-electron chi connectivity index (χ1n) is 23.2. The monoisotopic (exact) mass is 824 g/mol. The Bertz CT molecular complexity index is 3290. The number of anilines is 2. The van der Waals surface area contributed by atoms with E-state index >= 15 is 0 Å². The predicted molar refractivity (Wildman–Crippen MR) is 274 cm³/mol. The molecule has 2 heteroatoms. The summed E-state index contributed by atoms with van der Waals surface area (Å²) in [6, 6.07) is 72.1. The molecule has 11 rings (SSSR count). The van der Waals surface area contributed by atoms with Gasteiger partial charge in [0, 0.05) is 39.4 Å². The average Bonchev–Trinajstić information content (AvgIpc) is 3.67. The molecule has 0 N–H and O–H groups in total. The van der Waals surface area contributed by atoms with E-state index in [0.717, 1.165) is 43.5 Å². The zero-order valence-electron chi connectivity index (χ0n) is 36.7. The fraction of sp³-hybridized carbons (Fsp3) is 0.129. The number of hydrogen-bond acceptors (Lipinski definition) is 1. The maximum Gasteiger partial charge on any atom is 0.0541 e. The standard InChI is InChI=1S/C62H52N2/c1-3-16-43-26-38-59-56(40-43)57-41-44(17-4-2)27-39-60(57)64(59)52-35-33-51(34-36-52)63(49-22-12-7-13-23-49)50-31-28-45(29-32-50)48-30-37-55-58(42-48)62(47-20-10-6-11-21-47)54-25-15-14-24-53(54)61(55)46-18-8-5-9-19-46/h5-15,18-28,30-42,45H,3-4,16-17,29H2,1-2H3. The molecule has 10 aromatic rings. The summed E-state index contributed by atoms with van der Waals surface area (Å²) in [4.78, 5) is 2.41. The molecule has 1 aliphatic rings. The van der Waals surface area contributed by atoms with Gasteiger partial charge in [0.15, 0.2) is 0 Å². The van der Waals surface area contributed by atoms with Crippen molar-refractivity contribution < 1.29 is 0 Å². The molecule has 0 fully saturated rings. The van der Waals surface area contributed by atoms with Crippen molar-refractivity contribution in [1.29, 1.82) is 0 Å². The van der Waals surface area contributed by atoms with Gasteiger partial charge in [-0.05, 0) is 153 Å². The normalized spacial score (nSPS) is 13.8. The summed E-state index contributed by atoms with van der Waals surface area (Å²) in [5, 5.41) is 7.82. The molecule has 1 aromatic heterocycles. The van der Waals surface area contributed by atoms with Crippen molar-refractivity contribution in [3.05, 3.63) is 235 Å². The van der Waals surface area contributed by atoms with Crippen LogP contribution in [0.15, 0.2) is 218 Å². The third-order valence-corrected chi connectivity index (χ3v) is 13.3. The minimum absolute atomic E-state index is 0.245. The Hall–Kier alpha value is -7.42. The molecule has 1 aliphatic carbocycles. The Morgan fingerprint density at radius 3 is 1.53 bits per heavy atom. The van der Waals surface area contributed by atoms with E-state index in [1.165, 1.54) is 93.7 Å². The number of rotatable bonds is 11. The highest BCUT2D eigenvalue weighted by molar-refractivity contribution is 6.21. The van der Waals surface area contributed by atoms with Crippen LogP contribution in [0.4, 0.5) is 11.4 Å². The maximum atomic E-state index is 2.47. The van der Waals surface area contributed by atoms with Gasteiger partial charge >= 0.3 is 0 Å². The largest absolute Gasteiger partial charge is 0.311 e. The number of fused-ring (bicyclic) bond motifs is 5. The lowest BCUT2D eigenvalue weighted by molar-refractivity contribution is 0.841. The summed E-state index contributed by atoms with van der Waals surface area (Å²) in [6.07, 6.45) is 12.6. The molecular weight excluding hydrogens is 773 g/mol. The Labute approximate surface area is 377 Å². The maximum absolute atomic E-state index is 2.47. The van der Waals surface area contributed by atoms with Crippen LogP contribution in [0.5, 0.6) is 0 Å². The van der Waals surface area contributed by atoms with Gasteiger partial charge in [-0.15, -0.1) is 0 Å². The topological polar surface area (TPSA) is 8.17 Å². The van der Waals surface area contributed by atoms with Crippen LogP contribution in [0.1, 0.15) is 55.7 Å². The highest BCUT2D eigenvalue weighted by Crippen LogP contribution is 2.45. The highest BCUT2D eigenvalue weighted by atomic mass is 15.1. The van der Waals surface area contributed by atoms with E-state index in [4.69, 9.17) is 0 Å². The number of aromatic nitrogens is 1. The van der Waals surface area contributed by atoms with Crippen molar-refractivity contribution in [2.45, 2.75) is 51.9 Å². The summed E-state index contributed by atoms with van der Waals surface area (Å²) in [7, 11) is 0. The smallest absolute Gasteiger partial charge is 0.0541 e. The van der Waals surface area contributed by atoms with Crippen LogP contribution in [-0.4, -0.2) is 4.57 Å². The second kappa shape index (κ2) is 17.0. The molecule has 0 bridgehead atoms. The van der Waals surface area contributed by atoms with Crippen molar-refractivity contribution in [1.82, 2.24) is 4.57 Å². The van der Waals surface area contributed by atoms with Crippen LogP contribution in [0.3, 0.4) is 0 Å². The molecule has 0 saturated heterocycles. The number of nitrogens with zero attached hydrogens (tertiary/aromatic N) is 2. The van der Waals surface area contributed by atoms with Crippen LogP contribution in [0.2, 0.25) is 0 Å². The molecule has 9 aromatic carbocycles. The Morgan fingerprint density at radius 1 is 0.469 bits per heavy atom. The summed E-state index contributed by atoms with van der Waals surface area (Å²) in [5.74, 6) is 0.245. The minimum atomic E-state index is 0.245. The molecule has 2 nitrogen and oxygen atoms in total. The predicted octanol–water partition coefficient (Wildman–Crippen LogP) is 17.1. The van der Waals surface area contributed by atoms with Crippen molar-refractivity contribution in [2.75, 3.05) is 4.90 Å². The molecule has 310 valence electrons. The van der Waals surface area contributed by atoms with Gasteiger partial charge in [-0.25, -0.2) is 0 Å². The minimum Gasteiger partial charge on any atom is -0.311 e. The molecule has 1 unspecified atom stereocenters. The van der Waals surface area contributed by atoms with E-state index in [1.54, 1.807) is 0 Å². The van der Waals surface area contributed by atoms with Crippen LogP contribution in [0, 0.1) is 0 Å². The van der Waals surface area contributed by atoms with E-state index in [1.807, 2.05) is 0 Å². The first-order chi connectivity index (χ1) is 31.7. The van der Waals surface area contributed by atoms with Gasteiger partial charge in [0.1, 0.15) is 0 Å². The average molecular weight is 825 g/mol. The first kappa shape index (κ1) is 39.4. The summed E-state index contributed by atoms with van der Waals surface area (Å²) >= 11 is 0. The van der Waals surface area contributed by atoms with Crippen molar-refractivity contribution in [3.63, 3.8) is 0 Å². The number of benzene rings is 9. The SMILES string of the molecule is CCCc1ccc2c(c1)c1cc(CCC)ccc1n2-c1ccc(N(C2=CCC(c3ccc4c(-c5ccccc5)c5ccccc5c(-c5ccccc5)c4c3)C=C2)c2ccccc2)cc1. The second-order valence-corrected chi connectivity index (χ2v) is 17.4. The summed E-state index contributed by atoms with van der Waals surface area (Å²) in [6.45, 7) is 4.53. The lowest BCUT2D eigenvalue weighted by Crippen LogP contribution is -2.17. The molecule has 0 saturated carbocycles. The Kier molecular flexibility index (Phi) is 10.5. The van der Waals surface area contributed by atoms with E-state index < -0.39 is 0 Å². The number of allylic oxidation sites excluding steroid dienone is 3. The van der Waals surface area contributed by atoms with Crippen LogP contribution < -0.4 is 4.90 Å². The van der Waals surface area contributed by atoms with E-state index in [2.05, 4.69) is 236 Å². The molecule has 0 radical (unpaired) electrons. The zero-order valence-corrected chi connectivity index (χ0v) is 36.7. The Morgan fingerprint density at radius 2 is 0.984 bits per heavy atom. The van der Waals surface area contributed by atoms with Crippen molar-refractivity contribution in [3.8, 4) is 27.9 Å². The summed E-state index contributed by atoms with van der Waals surface area (Å²) < 4.78 is 2.45. The van der Waals surface area contributed by atoms with Crippen molar-refractivity contribution in [2.24, 2.45) is 0 Å². The molecule has 0 spiro atoms. The van der Waals surface area contributed by atoms with E-state index in [9.17, 15) is 0 Å². The van der Waals surface area contributed by atoms with Gasteiger partial charge in [0.25, 0.3) is 0 Å². The third-order valence-electron chi connectivity index (χ3n) is 13.3. The van der Waals surface area contributed by atoms with Gasteiger partial charge in [-0.1, -0.05) is 166 Å². The van der Waals surface area contributed by atoms with Crippen LogP contribution >= 0.6 is 0 Å². The van der Waals surface area contributed by atoms with Crippen LogP contribution in [-0.2, 0) is 12.8 Å². The van der Waals surface area contributed by atoms with Gasteiger partial charge in [-0.2, -0.15) is 0 Å². The molecule has 0 aliphatic heterocycles. The quantitative estimate of drug-likeness (QED) is 0.118. The fourth-order valence-electron chi connectivity index (χ4n) is 10.3. The van der Waals surface area contributed by atoms with Crippen LogP contribution in [0.25, 0.3) is 71.3 Å². The zero-order chi connectivity index (χ0) is 43.0. The first-order valence-corrected chi connectivity index (χ1v) is 23.2. The second-order valence-electron chi connectivity index (χ2n) is 17.4. The Balaban J connectivity index is 0.966. The summed E-state index contributed by atoms with van der Waals surface area (Å²) in [5.41, 5.74) is 16.4. The fourth-order valence-corrected chi connectivity index (χ4v) is 10.3. The number of aryl methyl sites for hydroxylation is 2. The molecular formula is C62H52N2. The molecule has 1 heterocycles. The van der Waals surface area contributed by atoms with Gasteiger partial charge in [0.05, 0.1) is 11.0 Å². The van der Waals surface area contributed by atoms with E-state index in [-0.39, 0.29) is 5.92 Å². The van der Waals surface area contributed by atoms with E-state index in [0.29, 0.717) is 0 Å². The van der Waals surface area contributed by atoms with Crippen molar-refractivity contribution >= 4 is 54.7 Å². The van der Waals surface area contributed by atoms with Gasteiger partial charge in [0.2, 0.25) is 0 Å². The number of para-hydroxylation sites is 1. The highest BCUT2D eigenvalue weighted by Gasteiger charge is 2.22. The van der Waals surface area contributed by atoms with Gasteiger partial charge in [-0.3, -0.25) is 0 Å². The molecule has 1 atom stereocenters.